The molecule has 0 unspecified atom stereocenters. The van der Waals surface area contributed by atoms with Gasteiger partial charge in [-0.05, 0) is 36.3 Å². The summed E-state index contributed by atoms with van der Waals surface area (Å²) in [6, 6.07) is 12.0. The van der Waals surface area contributed by atoms with Crippen LogP contribution in [0.3, 0.4) is 0 Å². The number of quaternary nitrogens is 1. The zero-order valence-corrected chi connectivity index (χ0v) is 15.7. The molecule has 0 aliphatic carbocycles. The van der Waals surface area contributed by atoms with Crippen molar-refractivity contribution in [3.63, 3.8) is 0 Å². The number of carbonyl (C=O) groups is 2. The van der Waals surface area contributed by atoms with Crippen LogP contribution in [-0.2, 0) is 17.9 Å². The minimum absolute atomic E-state index is 0.00681. The third-order valence-electron chi connectivity index (χ3n) is 4.68. The van der Waals surface area contributed by atoms with Crippen LogP contribution in [0.4, 0.5) is 0 Å². The van der Waals surface area contributed by atoms with E-state index >= 15 is 0 Å². The van der Waals surface area contributed by atoms with Crippen LogP contribution >= 0.6 is 11.3 Å². The number of rotatable bonds is 7. The van der Waals surface area contributed by atoms with Gasteiger partial charge in [0.25, 0.3) is 5.91 Å². The summed E-state index contributed by atoms with van der Waals surface area (Å²) < 4.78 is 0. The molecule has 5 nitrogen and oxygen atoms in total. The first-order valence-corrected chi connectivity index (χ1v) is 10.1. The van der Waals surface area contributed by atoms with Gasteiger partial charge in [-0.3, -0.25) is 9.59 Å². The zero-order valence-electron chi connectivity index (χ0n) is 14.9. The van der Waals surface area contributed by atoms with Crippen molar-refractivity contribution < 1.29 is 14.5 Å². The predicted octanol–water partition coefficient (Wildman–Crippen LogP) is 1.36. The number of carbonyl (C=O) groups excluding carboxylic acids is 2. The van der Waals surface area contributed by atoms with E-state index in [0.29, 0.717) is 11.4 Å². The van der Waals surface area contributed by atoms with Crippen molar-refractivity contribution in [2.45, 2.75) is 32.4 Å². The summed E-state index contributed by atoms with van der Waals surface area (Å²) in [7, 11) is 0. The van der Waals surface area contributed by atoms with E-state index in [1.807, 2.05) is 11.4 Å². The summed E-state index contributed by atoms with van der Waals surface area (Å²) in [5.41, 5.74) is 2.42. The second-order valence-corrected chi connectivity index (χ2v) is 7.69. The Morgan fingerprint density at radius 2 is 1.69 bits per heavy atom. The molecule has 2 aromatic rings. The SMILES string of the molecule is O=C(CNC(=O)c1cccs1)NCc1ccc(C[NH+]2CCCCC2)cc1. The smallest absolute Gasteiger partial charge is 0.261 e. The third kappa shape index (κ3) is 5.68. The fraction of sp³-hybridized carbons (Fsp3) is 0.400. The molecule has 0 saturated carbocycles. The highest BCUT2D eigenvalue weighted by atomic mass is 32.1. The van der Waals surface area contributed by atoms with Crippen LogP contribution in [0.2, 0.25) is 0 Å². The molecule has 1 aliphatic heterocycles. The number of amides is 2. The fourth-order valence-electron chi connectivity index (χ4n) is 3.21. The Kier molecular flexibility index (Phi) is 6.80. The molecule has 1 aromatic carbocycles. The maximum Gasteiger partial charge on any atom is 0.261 e. The van der Waals surface area contributed by atoms with Crippen LogP contribution in [0, 0.1) is 0 Å². The van der Waals surface area contributed by atoms with E-state index in [4.69, 9.17) is 0 Å². The summed E-state index contributed by atoms with van der Waals surface area (Å²) in [6.07, 6.45) is 4.04. The van der Waals surface area contributed by atoms with Crippen molar-refractivity contribution in [3.05, 3.63) is 57.8 Å². The maximum absolute atomic E-state index is 11.9. The first kappa shape index (κ1) is 18.6. The van der Waals surface area contributed by atoms with Gasteiger partial charge in [0.15, 0.2) is 0 Å². The minimum Gasteiger partial charge on any atom is -0.350 e. The Balaban J connectivity index is 1.38. The molecule has 2 amide bonds. The van der Waals surface area contributed by atoms with Gasteiger partial charge in [0, 0.05) is 12.1 Å². The van der Waals surface area contributed by atoms with Crippen LogP contribution < -0.4 is 15.5 Å². The van der Waals surface area contributed by atoms with Crippen LogP contribution in [0.5, 0.6) is 0 Å². The van der Waals surface area contributed by atoms with Crippen molar-refractivity contribution in [2.75, 3.05) is 19.6 Å². The molecule has 0 radical (unpaired) electrons. The molecule has 3 rings (SSSR count). The lowest BCUT2D eigenvalue weighted by molar-refractivity contribution is -0.918. The largest absolute Gasteiger partial charge is 0.350 e. The standard InChI is InChI=1S/C20H25N3O2S/c24-19(14-22-20(25)18-5-4-12-26-18)21-13-16-6-8-17(9-7-16)15-23-10-2-1-3-11-23/h4-9,12H,1-3,10-11,13-15H2,(H,21,24)(H,22,25)/p+1. The van der Waals surface area contributed by atoms with Gasteiger partial charge in [-0.25, -0.2) is 0 Å². The van der Waals surface area contributed by atoms with Crippen molar-refractivity contribution in [2.24, 2.45) is 0 Å². The van der Waals surface area contributed by atoms with Gasteiger partial charge in [0.1, 0.15) is 6.54 Å². The predicted molar refractivity (Wildman–Crippen MR) is 103 cm³/mol. The molecular formula is C20H26N3O2S+. The van der Waals surface area contributed by atoms with Gasteiger partial charge in [-0.15, -0.1) is 11.3 Å². The number of nitrogens with one attached hydrogen (secondary N) is 3. The van der Waals surface area contributed by atoms with Crippen LogP contribution in [0.1, 0.15) is 40.1 Å². The molecule has 138 valence electrons. The molecule has 0 atom stereocenters. The van der Waals surface area contributed by atoms with Gasteiger partial charge in [0.05, 0.1) is 24.5 Å². The van der Waals surface area contributed by atoms with E-state index in [1.165, 1.54) is 49.3 Å². The van der Waals surface area contributed by atoms with Crippen LogP contribution in [0.25, 0.3) is 0 Å². The monoisotopic (exact) mass is 372 g/mol. The summed E-state index contributed by atoms with van der Waals surface area (Å²) in [5.74, 6) is -0.392. The first-order chi connectivity index (χ1) is 12.7. The van der Waals surface area contributed by atoms with Crippen LogP contribution in [-0.4, -0.2) is 31.4 Å². The van der Waals surface area contributed by atoms with Crippen molar-refractivity contribution in [3.8, 4) is 0 Å². The lowest BCUT2D eigenvalue weighted by Gasteiger charge is -2.23. The van der Waals surface area contributed by atoms with E-state index in [9.17, 15) is 9.59 Å². The molecule has 0 bridgehead atoms. The van der Waals surface area contributed by atoms with E-state index in [2.05, 4.69) is 34.9 Å². The number of hydrogen-bond acceptors (Lipinski definition) is 3. The van der Waals surface area contributed by atoms with Crippen molar-refractivity contribution in [1.29, 1.82) is 0 Å². The molecular weight excluding hydrogens is 346 g/mol. The van der Waals surface area contributed by atoms with E-state index in [-0.39, 0.29) is 18.4 Å². The summed E-state index contributed by atoms with van der Waals surface area (Å²) in [6.45, 7) is 4.10. The lowest BCUT2D eigenvalue weighted by atomic mass is 10.1. The van der Waals surface area contributed by atoms with Crippen molar-refractivity contribution in [1.82, 2.24) is 10.6 Å². The quantitative estimate of drug-likeness (QED) is 0.687. The number of thiophene rings is 1. The molecule has 0 spiro atoms. The number of benzene rings is 1. The van der Waals surface area contributed by atoms with Gasteiger partial charge in [-0.1, -0.05) is 30.3 Å². The lowest BCUT2D eigenvalue weighted by Crippen LogP contribution is -3.11. The van der Waals surface area contributed by atoms with E-state index < -0.39 is 0 Å². The average Bonchev–Trinajstić information content (AvgIpc) is 3.21. The molecule has 1 aromatic heterocycles. The molecule has 3 N–H and O–H groups in total. The van der Waals surface area contributed by atoms with Gasteiger partial charge < -0.3 is 15.5 Å². The maximum atomic E-state index is 11.9. The molecule has 26 heavy (non-hydrogen) atoms. The Hall–Kier alpha value is -2.18. The highest BCUT2D eigenvalue weighted by molar-refractivity contribution is 7.12. The molecule has 2 heterocycles. The molecule has 6 heteroatoms. The van der Waals surface area contributed by atoms with Crippen molar-refractivity contribution >= 4 is 23.2 Å². The number of piperidine rings is 1. The minimum atomic E-state index is -0.209. The normalized spacial score (nSPS) is 14.8. The highest BCUT2D eigenvalue weighted by Gasteiger charge is 2.13. The van der Waals surface area contributed by atoms with Crippen LogP contribution in [0.15, 0.2) is 41.8 Å². The summed E-state index contributed by atoms with van der Waals surface area (Å²) in [4.78, 5) is 26.0. The fourth-order valence-corrected chi connectivity index (χ4v) is 3.85. The molecule has 1 aliphatic rings. The highest BCUT2D eigenvalue weighted by Crippen LogP contribution is 2.07. The Bertz CT molecular complexity index is 707. The van der Waals surface area contributed by atoms with E-state index in [1.54, 1.807) is 11.0 Å². The summed E-state index contributed by atoms with van der Waals surface area (Å²) in [5, 5.41) is 7.32. The molecule has 1 saturated heterocycles. The average molecular weight is 373 g/mol. The second-order valence-electron chi connectivity index (χ2n) is 6.74. The molecule has 1 fully saturated rings. The first-order valence-electron chi connectivity index (χ1n) is 9.20. The number of likely N-dealkylation sites (tertiary alicyclic amines) is 1. The van der Waals surface area contributed by atoms with Gasteiger partial charge in [-0.2, -0.15) is 0 Å². The Labute approximate surface area is 158 Å². The Morgan fingerprint density at radius 3 is 2.38 bits per heavy atom. The Morgan fingerprint density at radius 1 is 0.962 bits per heavy atom. The topological polar surface area (TPSA) is 62.6 Å². The van der Waals surface area contributed by atoms with Gasteiger partial charge in [0.2, 0.25) is 5.91 Å². The van der Waals surface area contributed by atoms with Gasteiger partial charge >= 0.3 is 0 Å². The van der Waals surface area contributed by atoms with E-state index in [0.717, 1.165) is 12.1 Å². The summed E-state index contributed by atoms with van der Waals surface area (Å²) >= 11 is 1.36. The third-order valence-corrected chi connectivity index (χ3v) is 5.55. The zero-order chi connectivity index (χ0) is 18.2. The second kappa shape index (κ2) is 9.50. The number of hydrogen-bond donors (Lipinski definition) is 3.